The molecule has 0 unspecified atom stereocenters. The van der Waals surface area contributed by atoms with E-state index in [2.05, 4.69) is 26.7 Å². The van der Waals surface area contributed by atoms with E-state index in [-0.39, 0.29) is 23.1 Å². The lowest BCUT2D eigenvalue weighted by molar-refractivity contribution is 0.101. The van der Waals surface area contributed by atoms with Gasteiger partial charge in [-0.3, -0.25) is 14.3 Å². The largest absolute Gasteiger partial charge is 0.299 e. The van der Waals surface area contributed by atoms with Crippen LogP contribution in [0.15, 0.2) is 53.9 Å². The van der Waals surface area contributed by atoms with Gasteiger partial charge in [0.25, 0.3) is 0 Å². The highest BCUT2D eigenvalue weighted by Crippen LogP contribution is 2.39. The number of Topliss-reactive ketones (excluding diaryl/α,β-unsaturated/α-hetero) is 1. The number of hydrogen-bond acceptors (Lipinski definition) is 5. The number of benzene rings is 1. The third-order valence-corrected chi connectivity index (χ3v) is 6.43. The molecule has 3 aromatic rings. The lowest BCUT2D eigenvalue weighted by Crippen LogP contribution is -2.22. The van der Waals surface area contributed by atoms with Crippen LogP contribution in [0.4, 0.5) is 4.39 Å². The van der Waals surface area contributed by atoms with E-state index >= 15 is 0 Å². The number of carbonyl (C=O) groups is 1. The van der Waals surface area contributed by atoms with Crippen molar-refractivity contribution < 1.29 is 9.18 Å². The van der Waals surface area contributed by atoms with E-state index in [9.17, 15) is 9.18 Å². The third-order valence-electron chi connectivity index (χ3n) is 5.49. The molecule has 150 valence electrons. The van der Waals surface area contributed by atoms with Gasteiger partial charge < -0.3 is 0 Å². The fourth-order valence-corrected chi connectivity index (χ4v) is 4.82. The highest BCUT2D eigenvalue weighted by Gasteiger charge is 2.29. The smallest absolute Gasteiger partial charge is 0.192 e. The monoisotopic (exact) mass is 410 g/mol. The number of ketones is 1. The Bertz CT molecular complexity index is 991. The van der Waals surface area contributed by atoms with Gasteiger partial charge in [0.2, 0.25) is 0 Å². The Labute approximate surface area is 173 Å². The van der Waals surface area contributed by atoms with E-state index in [4.69, 9.17) is 0 Å². The number of halogens is 1. The predicted molar refractivity (Wildman–Crippen MR) is 111 cm³/mol. The fraction of sp³-hybridized carbons (Fsp3) is 0.364. The van der Waals surface area contributed by atoms with Crippen LogP contribution in [-0.2, 0) is 0 Å². The van der Waals surface area contributed by atoms with Crippen LogP contribution >= 0.6 is 11.8 Å². The summed E-state index contributed by atoms with van der Waals surface area (Å²) in [5, 5.41) is 9.52. The summed E-state index contributed by atoms with van der Waals surface area (Å²) in [6.45, 7) is 2.26. The molecule has 0 radical (unpaired) electrons. The third kappa shape index (κ3) is 4.24. The van der Waals surface area contributed by atoms with Crippen LogP contribution in [0.1, 0.15) is 49.0 Å². The van der Waals surface area contributed by atoms with Crippen molar-refractivity contribution in [3.8, 4) is 11.4 Å². The van der Waals surface area contributed by atoms with Gasteiger partial charge in [-0.05, 0) is 43.0 Å². The van der Waals surface area contributed by atoms with Gasteiger partial charge in [0.1, 0.15) is 5.82 Å². The Morgan fingerprint density at radius 2 is 2.00 bits per heavy atom. The van der Waals surface area contributed by atoms with Crippen molar-refractivity contribution in [1.82, 2.24) is 19.7 Å². The van der Waals surface area contributed by atoms with Gasteiger partial charge in [-0.15, -0.1) is 10.2 Å². The second kappa shape index (κ2) is 8.86. The van der Waals surface area contributed by atoms with Crippen molar-refractivity contribution in [2.75, 3.05) is 5.75 Å². The standard InChI is InChI=1S/C22H23FN4OS/c1-15-7-2-5-11-19(15)27-21(16-8-6-12-24-13-16)25-26-22(27)29-14-20(28)17-9-3-4-10-18(17)23/h3-4,6,8-10,12-13,15,19H,2,5,7,11,14H2,1H3/t15-,19-/m0/s1. The molecule has 2 heterocycles. The molecule has 0 N–H and O–H groups in total. The number of hydrogen-bond donors (Lipinski definition) is 0. The molecule has 5 nitrogen and oxygen atoms in total. The highest BCUT2D eigenvalue weighted by atomic mass is 32.2. The van der Waals surface area contributed by atoms with E-state index in [0.717, 1.165) is 30.7 Å². The Morgan fingerprint density at radius 1 is 1.17 bits per heavy atom. The van der Waals surface area contributed by atoms with Gasteiger partial charge in [-0.25, -0.2) is 4.39 Å². The Morgan fingerprint density at radius 3 is 2.76 bits per heavy atom. The first kappa shape index (κ1) is 19.8. The molecular weight excluding hydrogens is 387 g/mol. The zero-order chi connectivity index (χ0) is 20.2. The molecule has 0 bridgehead atoms. The number of thioether (sulfide) groups is 1. The maximum atomic E-state index is 13.9. The van der Waals surface area contributed by atoms with Crippen LogP contribution in [-0.4, -0.2) is 31.3 Å². The lowest BCUT2D eigenvalue weighted by Gasteiger charge is -2.31. The second-order valence-corrected chi connectivity index (χ2v) is 8.38. The molecule has 0 spiro atoms. The fourth-order valence-electron chi connectivity index (χ4n) is 3.94. The van der Waals surface area contributed by atoms with Crippen LogP contribution in [0.2, 0.25) is 0 Å². The van der Waals surface area contributed by atoms with Crippen LogP contribution in [0.5, 0.6) is 0 Å². The average molecular weight is 411 g/mol. The van der Waals surface area contributed by atoms with Crippen molar-refractivity contribution in [1.29, 1.82) is 0 Å². The van der Waals surface area contributed by atoms with Crippen molar-refractivity contribution in [2.45, 2.75) is 43.8 Å². The normalized spacial score (nSPS) is 19.2. The molecule has 0 aliphatic heterocycles. The molecule has 1 fully saturated rings. The summed E-state index contributed by atoms with van der Waals surface area (Å²) in [5.41, 5.74) is 1.02. The molecule has 2 atom stereocenters. The van der Waals surface area contributed by atoms with E-state index in [1.165, 1.54) is 30.3 Å². The first-order valence-electron chi connectivity index (χ1n) is 9.91. The molecule has 1 saturated carbocycles. The summed E-state index contributed by atoms with van der Waals surface area (Å²) in [5.74, 6) is 0.654. The number of nitrogens with zero attached hydrogens (tertiary/aromatic N) is 4. The molecule has 7 heteroatoms. The second-order valence-electron chi connectivity index (χ2n) is 7.44. The van der Waals surface area contributed by atoms with Crippen molar-refractivity contribution in [3.05, 3.63) is 60.2 Å². The maximum absolute atomic E-state index is 13.9. The van der Waals surface area contributed by atoms with Crippen molar-refractivity contribution in [2.24, 2.45) is 5.92 Å². The van der Waals surface area contributed by atoms with E-state index in [0.29, 0.717) is 11.1 Å². The van der Waals surface area contributed by atoms with Gasteiger partial charge >= 0.3 is 0 Å². The number of pyridine rings is 1. The molecule has 4 rings (SSSR count). The molecule has 29 heavy (non-hydrogen) atoms. The van der Waals surface area contributed by atoms with E-state index in [1.807, 2.05) is 12.1 Å². The highest BCUT2D eigenvalue weighted by molar-refractivity contribution is 7.99. The summed E-state index contributed by atoms with van der Waals surface area (Å²) in [4.78, 5) is 16.8. The maximum Gasteiger partial charge on any atom is 0.192 e. The first-order valence-corrected chi connectivity index (χ1v) is 10.9. The zero-order valence-electron chi connectivity index (χ0n) is 16.3. The summed E-state index contributed by atoms with van der Waals surface area (Å²) < 4.78 is 16.1. The summed E-state index contributed by atoms with van der Waals surface area (Å²) >= 11 is 1.32. The quantitative estimate of drug-likeness (QED) is 0.413. The Balaban J connectivity index is 1.64. The minimum absolute atomic E-state index is 0.115. The van der Waals surface area contributed by atoms with Crippen molar-refractivity contribution >= 4 is 17.5 Å². The van der Waals surface area contributed by atoms with Crippen LogP contribution in [0.25, 0.3) is 11.4 Å². The Hall–Kier alpha value is -2.54. The van der Waals surface area contributed by atoms with Gasteiger partial charge in [0.15, 0.2) is 16.8 Å². The molecule has 0 saturated heterocycles. The molecule has 0 amide bonds. The SMILES string of the molecule is C[C@H]1CCCC[C@@H]1n1c(SCC(=O)c2ccccc2F)nnc1-c1cccnc1. The molecule has 1 aliphatic carbocycles. The summed E-state index contributed by atoms with van der Waals surface area (Å²) in [6, 6.07) is 10.2. The van der Waals surface area contributed by atoms with Gasteiger partial charge in [-0.2, -0.15) is 0 Å². The number of carbonyl (C=O) groups excluding carboxylic acids is 1. The minimum atomic E-state index is -0.489. The van der Waals surface area contributed by atoms with Crippen LogP contribution in [0.3, 0.4) is 0 Å². The number of aromatic nitrogens is 4. The molecule has 2 aromatic heterocycles. The average Bonchev–Trinajstić information content (AvgIpc) is 3.17. The zero-order valence-corrected chi connectivity index (χ0v) is 17.1. The molecule has 1 aliphatic rings. The molecule has 1 aromatic carbocycles. The lowest BCUT2D eigenvalue weighted by atomic mass is 9.85. The minimum Gasteiger partial charge on any atom is -0.299 e. The Kier molecular flexibility index (Phi) is 6.04. The van der Waals surface area contributed by atoms with E-state index < -0.39 is 5.82 Å². The van der Waals surface area contributed by atoms with Gasteiger partial charge in [-0.1, -0.05) is 43.7 Å². The van der Waals surface area contributed by atoms with Gasteiger partial charge in [0, 0.05) is 24.0 Å². The predicted octanol–water partition coefficient (Wildman–Crippen LogP) is 5.21. The van der Waals surface area contributed by atoms with Crippen LogP contribution < -0.4 is 0 Å². The summed E-state index contributed by atoms with van der Waals surface area (Å²) in [6.07, 6.45) is 8.13. The topological polar surface area (TPSA) is 60.7 Å². The molecular formula is C22H23FN4OS. The van der Waals surface area contributed by atoms with Gasteiger partial charge in [0.05, 0.1) is 11.3 Å². The summed E-state index contributed by atoms with van der Waals surface area (Å²) in [7, 11) is 0. The van der Waals surface area contributed by atoms with Crippen molar-refractivity contribution in [3.63, 3.8) is 0 Å². The first-order chi connectivity index (χ1) is 14.1. The number of rotatable bonds is 6. The van der Waals surface area contributed by atoms with Crippen LogP contribution in [0, 0.1) is 11.7 Å². The van der Waals surface area contributed by atoms with E-state index in [1.54, 1.807) is 24.5 Å².